The lowest BCUT2D eigenvalue weighted by atomic mass is 10.1. The summed E-state index contributed by atoms with van der Waals surface area (Å²) in [5, 5.41) is 0. The Morgan fingerprint density at radius 3 is 2.24 bits per heavy atom. The van der Waals surface area contributed by atoms with Crippen LogP contribution in [0.1, 0.15) is 24.5 Å². The fraction of sp³-hybridized carbons (Fsp3) is 0.214. The summed E-state index contributed by atoms with van der Waals surface area (Å²) in [4.78, 5) is 4.05. The molecule has 0 aliphatic carbocycles. The maximum atomic E-state index is 12.4. The van der Waals surface area contributed by atoms with E-state index in [1.165, 1.54) is 17.8 Å². The average Bonchev–Trinajstić information content (AvgIpc) is 2.39. The first-order valence-electron chi connectivity index (χ1n) is 5.54. The van der Waals surface area contributed by atoms with Crippen LogP contribution in [0, 0.1) is 0 Å². The van der Waals surface area contributed by atoms with Crippen LogP contribution in [0.4, 0.5) is 8.78 Å². The quantitative estimate of drug-likeness (QED) is 0.772. The highest BCUT2D eigenvalue weighted by molar-refractivity contribution is 5.59. The summed E-state index contributed by atoms with van der Waals surface area (Å²) >= 11 is 0. The molecule has 1 aromatic heterocycles. The molecule has 3 heteroatoms. The fourth-order valence-electron chi connectivity index (χ4n) is 1.62. The van der Waals surface area contributed by atoms with Gasteiger partial charge >= 0.3 is 0 Å². The minimum absolute atomic E-state index is 0.0427. The van der Waals surface area contributed by atoms with E-state index in [9.17, 15) is 8.78 Å². The van der Waals surface area contributed by atoms with Crippen LogP contribution in [-0.2, 0) is 6.42 Å². The number of alkyl halides is 2. The lowest BCUT2D eigenvalue weighted by molar-refractivity contribution is 0.151. The molecule has 0 amide bonds. The van der Waals surface area contributed by atoms with Crippen LogP contribution < -0.4 is 0 Å². The Hall–Kier alpha value is -1.77. The third-order valence-corrected chi connectivity index (χ3v) is 2.70. The normalized spacial score (nSPS) is 10.8. The zero-order chi connectivity index (χ0) is 12.3. The van der Waals surface area contributed by atoms with E-state index >= 15 is 0 Å². The van der Waals surface area contributed by atoms with Crippen LogP contribution >= 0.6 is 0 Å². The molecule has 0 fully saturated rings. The Labute approximate surface area is 99.1 Å². The third-order valence-electron chi connectivity index (χ3n) is 2.70. The Morgan fingerprint density at radius 1 is 1.06 bits per heavy atom. The van der Waals surface area contributed by atoms with Gasteiger partial charge in [0.05, 0.1) is 5.69 Å². The van der Waals surface area contributed by atoms with Crippen molar-refractivity contribution in [3.63, 3.8) is 0 Å². The zero-order valence-electron chi connectivity index (χ0n) is 9.53. The van der Waals surface area contributed by atoms with E-state index in [0.29, 0.717) is 0 Å². The minimum atomic E-state index is -2.46. The van der Waals surface area contributed by atoms with Gasteiger partial charge < -0.3 is 0 Å². The van der Waals surface area contributed by atoms with Crippen LogP contribution in [0.3, 0.4) is 0 Å². The molecule has 0 atom stereocenters. The number of aromatic nitrogens is 1. The van der Waals surface area contributed by atoms with Crippen molar-refractivity contribution in [1.29, 1.82) is 0 Å². The molecule has 0 saturated heterocycles. The molecule has 17 heavy (non-hydrogen) atoms. The Morgan fingerprint density at radius 2 is 1.76 bits per heavy atom. The summed E-state index contributed by atoms with van der Waals surface area (Å²) in [6.07, 6.45) is -0.245. The molecule has 0 unspecified atom stereocenters. The largest absolute Gasteiger partial charge is 0.265 e. The molecule has 88 valence electrons. The fourth-order valence-corrected chi connectivity index (χ4v) is 1.62. The van der Waals surface area contributed by atoms with E-state index in [1.807, 2.05) is 24.3 Å². The molecule has 1 heterocycles. The van der Waals surface area contributed by atoms with Gasteiger partial charge in [-0.05, 0) is 24.1 Å². The predicted molar refractivity (Wildman–Crippen MR) is 64.0 cm³/mol. The molecule has 0 saturated carbocycles. The molecule has 2 aromatic rings. The lowest BCUT2D eigenvalue weighted by Gasteiger charge is -2.04. The Kier molecular flexibility index (Phi) is 3.47. The molecule has 0 aliphatic heterocycles. The molecule has 0 radical (unpaired) electrons. The van der Waals surface area contributed by atoms with Crippen LogP contribution in [0.25, 0.3) is 11.3 Å². The topological polar surface area (TPSA) is 12.9 Å². The van der Waals surface area contributed by atoms with E-state index in [1.54, 1.807) is 6.07 Å². The van der Waals surface area contributed by atoms with Gasteiger partial charge in [0.1, 0.15) is 0 Å². The molecular formula is C14H13F2N. The van der Waals surface area contributed by atoms with E-state index in [2.05, 4.69) is 11.9 Å². The Bertz CT molecular complexity index is 475. The van der Waals surface area contributed by atoms with Crippen molar-refractivity contribution in [3.05, 3.63) is 53.7 Å². The smallest absolute Gasteiger partial charge is 0.256 e. The van der Waals surface area contributed by atoms with E-state index < -0.39 is 6.43 Å². The highest BCUT2D eigenvalue weighted by Gasteiger charge is 2.07. The van der Waals surface area contributed by atoms with Crippen molar-refractivity contribution in [2.45, 2.75) is 19.8 Å². The number of pyridine rings is 1. The van der Waals surface area contributed by atoms with Crippen molar-refractivity contribution in [1.82, 2.24) is 4.98 Å². The first-order valence-corrected chi connectivity index (χ1v) is 5.54. The highest BCUT2D eigenvalue weighted by atomic mass is 19.3. The van der Waals surface area contributed by atoms with Gasteiger partial charge in [0, 0.05) is 17.3 Å². The van der Waals surface area contributed by atoms with Gasteiger partial charge in [-0.1, -0.05) is 31.2 Å². The second-order valence-electron chi connectivity index (χ2n) is 3.83. The summed E-state index contributed by atoms with van der Waals surface area (Å²) in [7, 11) is 0. The van der Waals surface area contributed by atoms with Gasteiger partial charge in [0.25, 0.3) is 6.43 Å². The van der Waals surface area contributed by atoms with Crippen LogP contribution in [0.15, 0.2) is 42.6 Å². The molecule has 0 spiro atoms. The number of halogens is 2. The highest BCUT2D eigenvalue weighted by Crippen LogP contribution is 2.22. The first kappa shape index (κ1) is 11.7. The van der Waals surface area contributed by atoms with E-state index in [-0.39, 0.29) is 5.56 Å². The van der Waals surface area contributed by atoms with Crippen molar-refractivity contribution < 1.29 is 8.78 Å². The summed E-state index contributed by atoms with van der Waals surface area (Å²) in [6, 6.07) is 11.0. The van der Waals surface area contributed by atoms with Gasteiger partial charge in [0.15, 0.2) is 0 Å². The zero-order valence-corrected chi connectivity index (χ0v) is 9.53. The van der Waals surface area contributed by atoms with Gasteiger partial charge in [-0.25, -0.2) is 8.78 Å². The number of hydrogen-bond donors (Lipinski definition) is 0. The number of nitrogens with zero attached hydrogens (tertiary/aromatic N) is 1. The van der Waals surface area contributed by atoms with Gasteiger partial charge in [-0.15, -0.1) is 0 Å². The number of rotatable bonds is 3. The standard InChI is InChI=1S/C14H13F2N/c1-2-10-3-5-11(6-4-10)13-8-7-12(9-17-13)14(15)16/h3-9,14H,2H2,1H3. The monoisotopic (exact) mass is 233 g/mol. The maximum absolute atomic E-state index is 12.4. The van der Waals surface area contributed by atoms with Crippen molar-refractivity contribution in [3.8, 4) is 11.3 Å². The molecule has 0 N–H and O–H groups in total. The van der Waals surface area contributed by atoms with Crippen LogP contribution in [-0.4, -0.2) is 4.98 Å². The molecule has 2 rings (SSSR count). The van der Waals surface area contributed by atoms with Crippen molar-refractivity contribution in [2.24, 2.45) is 0 Å². The number of benzene rings is 1. The first-order chi connectivity index (χ1) is 8.20. The van der Waals surface area contributed by atoms with Crippen molar-refractivity contribution in [2.75, 3.05) is 0 Å². The maximum Gasteiger partial charge on any atom is 0.265 e. The summed E-state index contributed by atoms with van der Waals surface area (Å²) in [5.41, 5.74) is 2.87. The third kappa shape index (κ3) is 2.67. The molecule has 0 bridgehead atoms. The molecular weight excluding hydrogens is 220 g/mol. The predicted octanol–water partition coefficient (Wildman–Crippen LogP) is 4.25. The number of aryl methyl sites for hydroxylation is 1. The Balaban J connectivity index is 2.26. The van der Waals surface area contributed by atoms with Crippen LogP contribution in [0.5, 0.6) is 0 Å². The van der Waals surface area contributed by atoms with Gasteiger partial charge in [-0.3, -0.25) is 4.98 Å². The lowest BCUT2D eigenvalue weighted by Crippen LogP contribution is -1.89. The van der Waals surface area contributed by atoms with E-state index in [4.69, 9.17) is 0 Å². The number of hydrogen-bond acceptors (Lipinski definition) is 1. The molecule has 1 nitrogen and oxygen atoms in total. The minimum Gasteiger partial charge on any atom is -0.256 e. The average molecular weight is 233 g/mol. The summed E-state index contributed by atoms with van der Waals surface area (Å²) < 4.78 is 24.7. The SMILES string of the molecule is CCc1ccc(-c2ccc(C(F)F)cn2)cc1. The summed E-state index contributed by atoms with van der Waals surface area (Å²) in [5.74, 6) is 0. The molecule has 0 aliphatic rings. The second kappa shape index (κ2) is 5.04. The van der Waals surface area contributed by atoms with Gasteiger partial charge in [-0.2, -0.15) is 0 Å². The van der Waals surface area contributed by atoms with Crippen molar-refractivity contribution >= 4 is 0 Å². The van der Waals surface area contributed by atoms with Gasteiger partial charge in [0.2, 0.25) is 0 Å². The molecule has 1 aromatic carbocycles. The second-order valence-corrected chi connectivity index (χ2v) is 3.83. The van der Waals surface area contributed by atoms with Crippen LogP contribution in [0.2, 0.25) is 0 Å². The summed E-state index contributed by atoms with van der Waals surface area (Å²) in [6.45, 7) is 2.09. The van der Waals surface area contributed by atoms with E-state index in [0.717, 1.165) is 17.7 Å².